The minimum Gasteiger partial charge on any atom is -0.368 e. The number of benzene rings is 1. The van der Waals surface area contributed by atoms with E-state index in [0.717, 1.165) is 62.9 Å². The van der Waals surface area contributed by atoms with E-state index in [9.17, 15) is 4.79 Å². The summed E-state index contributed by atoms with van der Waals surface area (Å²) in [6.45, 7) is 7.07. The summed E-state index contributed by atoms with van der Waals surface area (Å²) < 4.78 is 5.53. The van der Waals surface area contributed by atoms with Gasteiger partial charge in [-0.25, -0.2) is 4.98 Å². The fraction of sp³-hybridized carbons (Fsp3) is 0.500. The molecule has 3 heterocycles. The summed E-state index contributed by atoms with van der Waals surface area (Å²) in [6, 6.07) is 8.38. The van der Waals surface area contributed by atoms with E-state index in [1.165, 1.54) is 11.1 Å². The molecule has 2 aliphatic heterocycles. The topological polar surface area (TPSA) is 45.7 Å². The first-order valence-corrected chi connectivity index (χ1v) is 10.2. The summed E-state index contributed by atoms with van der Waals surface area (Å²) in [5.41, 5.74) is 3.59. The summed E-state index contributed by atoms with van der Waals surface area (Å²) >= 11 is 1.71. The number of amides is 1. The van der Waals surface area contributed by atoms with Crippen LogP contribution in [0.3, 0.4) is 0 Å². The van der Waals surface area contributed by atoms with Gasteiger partial charge in [-0.15, -0.1) is 11.3 Å². The molecule has 2 saturated heterocycles. The van der Waals surface area contributed by atoms with Gasteiger partial charge in [0.1, 0.15) is 11.1 Å². The van der Waals surface area contributed by atoms with Crippen molar-refractivity contribution in [3.8, 4) is 10.6 Å². The van der Waals surface area contributed by atoms with Gasteiger partial charge in [-0.1, -0.05) is 24.3 Å². The van der Waals surface area contributed by atoms with E-state index in [1.807, 2.05) is 4.90 Å². The number of rotatable bonds is 4. The van der Waals surface area contributed by atoms with Crippen LogP contribution < -0.4 is 0 Å². The van der Waals surface area contributed by atoms with Gasteiger partial charge in [0.05, 0.1) is 5.69 Å². The van der Waals surface area contributed by atoms with Crippen molar-refractivity contribution < 1.29 is 9.53 Å². The molecule has 1 unspecified atom stereocenters. The molecular weight excluding hydrogens is 346 g/mol. The minimum absolute atomic E-state index is 0.178. The molecular formula is C20H25N3O2S. The van der Waals surface area contributed by atoms with Gasteiger partial charge >= 0.3 is 0 Å². The zero-order valence-electron chi connectivity index (χ0n) is 15.2. The van der Waals surface area contributed by atoms with Gasteiger partial charge in [0.2, 0.25) is 0 Å². The first-order valence-electron chi connectivity index (χ1n) is 9.34. The molecule has 2 aliphatic rings. The summed E-state index contributed by atoms with van der Waals surface area (Å²) in [5.74, 6) is 0.178. The van der Waals surface area contributed by atoms with Crippen molar-refractivity contribution in [1.29, 1.82) is 0 Å². The van der Waals surface area contributed by atoms with Crippen molar-refractivity contribution in [3.05, 3.63) is 40.9 Å². The van der Waals surface area contributed by atoms with E-state index >= 15 is 0 Å². The second-order valence-corrected chi connectivity index (χ2v) is 7.92. The molecule has 0 bridgehead atoms. The highest BCUT2D eigenvalue weighted by molar-refractivity contribution is 7.13. The zero-order valence-corrected chi connectivity index (χ0v) is 16.0. The maximum absolute atomic E-state index is 12.4. The van der Waals surface area contributed by atoms with Gasteiger partial charge in [-0.2, -0.15) is 0 Å². The number of aryl methyl sites for hydroxylation is 1. The number of carbonyl (C=O) groups is 1. The van der Waals surface area contributed by atoms with Crippen LogP contribution in [0, 0.1) is 6.92 Å². The van der Waals surface area contributed by atoms with Crippen LogP contribution in [0.2, 0.25) is 0 Å². The van der Waals surface area contributed by atoms with Crippen LogP contribution in [0.1, 0.15) is 24.1 Å². The third kappa shape index (κ3) is 3.82. The van der Waals surface area contributed by atoms with Crippen molar-refractivity contribution in [3.63, 3.8) is 0 Å². The normalized spacial score (nSPS) is 21.3. The standard InChI is InChI=1S/C20H25N3O2S/c1-15-5-2-3-6-17(15)19-21-16(14-26-19)13-22-8-10-23(11-9-22)20(24)18-7-4-12-25-18/h2-3,5-6,14,18H,4,7-13H2,1H3. The van der Waals surface area contributed by atoms with E-state index < -0.39 is 0 Å². The smallest absolute Gasteiger partial charge is 0.251 e. The maximum atomic E-state index is 12.4. The Kier molecular flexibility index (Phi) is 5.33. The molecule has 138 valence electrons. The van der Waals surface area contributed by atoms with Crippen LogP contribution in [0.15, 0.2) is 29.6 Å². The van der Waals surface area contributed by atoms with Crippen LogP contribution in [0.25, 0.3) is 10.6 Å². The molecule has 1 atom stereocenters. The largest absolute Gasteiger partial charge is 0.368 e. The molecule has 0 saturated carbocycles. The predicted molar refractivity (Wildman–Crippen MR) is 103 cm³/mol. The second kappa shape index (κ2) is 7.86. The lowest BCUT2D eigenvalue weighted by Gasteiger charge is -2.35. The molecule has 1 amide bonds. The van der Waals surface area contributed by atoms with Gasteiger partial charge in [-0.3, -0.25) is 9.69 Å². The van der Waals surface area contributed by atoms with E-state index in [1.54, 1.807) is 11.3 Å². The average Bonchev–Trinajstić information content (AvgIpc) is 3.34. The van der Waals surface area contributed by atoms with Gasteiger partial charge in [0, 0.05) is 50.3 Å². The fourth-order valence-electron chi connectivity index (χ4n) is 3.65. The Bertz CT molecular complexity index is 762. The molecule has 2 fully saturated rings. The maximum Gasteiger partial charge on any atom is 0.251 e. The molecule has 4 rings (SSSR count). The first-order chi connectivity index (χ1) is 12.7. The molecule has 0 aliphatic carbocycles. The Morgan fingerprint density at radius 2 is 2.08 bits per heavy atom. The Labute approximate surface area is 158 Å². The SMILES string of the molecule is Cc1ccccc1-c1nc(CN2CCN(C(=O)C3CCCO3)CC2)cs1. The van der Waals surface area contributed by atoms with Crippen molar-refractivity contribution in [2.24, 2.45) is 0 Å². The van der Waals surface area contributed by atoms with Crippen LogP contribution in [0.4, 0.5) is 0 Å². The Balaban J connectivity index is 1.32. The summed E-state index contributed by atoms with van der Waals surface area (Å²) in [4.78, 5) is 21.6. The number of ether oxygens (including phenoxy) is 1. The van der Waals surface area contributed by atoms with E-state index in [-0.39, 0.29) is 12.0 Å². The Morgan fingerprint density at radius 3 is 2.81 bits per heavy atom. The summed E-state index contributed by atoms with van der Waals surface area (Å²) in [5, 5.41) is 3.25. The van der Waals surface area contributed by atoms with E-state index in [4.69, 9.17) is 9.72 Å². The number of hydrogen-bond acceptors (Lipinski definition) is 5. The van der Waals surface area contributed by atoms with Gasteiger partial charge < -0.3 is 9.64 Å². The predicted octanol–water partition coefficient (Wildman–Crippen LogP) is 2.94. The third-order valence-corrected chi connectivity index (χ3v) is 6.13. The number of nitrogens with zero attached hydrogens (tertiary/aromatic N) is 3. The number of piperazine rings is 1. The highest BCUT2D eigenvalue weighted by Gasteiger charge is 2.30. The van der Waals surface area contributed by atoms with Crippen molar-refractivity contribution >= 4 is 17.2 Å². The van der Waals surface area contributed by atoms with Crippen LogP contribution in [-0.2, 0) is 16.1 Å². The molecule has 2 aromatic rings. The van der Waals surface area contributed by atoms with Crippen LogP contribution >= 0.6 is 11.3 Å². The lowest BCUT2D eigenvalue weighted by atomic mass is 10.1. The molecule has 1 aromatic heterocycles. The molecule has 0 spiro atoms. The van der Waals surface area contributed by atoms with Crippen LogP contribution in [0.5, 0.6) is 0 Å². The number of hydrogen-bond donors (Lipinski definition) is 0. The monoisotopic (exact) mass is 371 g/mol. The zero-order chi connectivity index (χ0) is 17.9. The molecule has 1 aromatic carbocycles. The molecule has 0 radical (unpaired) electrons. The first kappa shape index (κ1) is 17.6. The molecule has 0 N–H and O–H groups in total. The average molecular weight is 372 g/mol. The number of carbonyl (C=O) groups excluding carboxylic acids is 1. The molecule has 5 nitrogen and oxygen atoms in total. The third-order valence-electron chi connectivity index (χ3n) is 5.20. The lowest BCUT2D eigenvalue weighted by molar-refractivity contribution is -0.142. The Hall–Kier alpha value is -1.76. The fourth-order valence-corrected chi connectivity index (χ4v) is 4.55. The van der Waals surface area contributed by atoms with Gasteiger partial charge in [0.25, 0.3) is 5.91 Å². The number of thiazole rings is 1. The summed E-state index contributed by atoms with van der Waals surface area (Å²) in [6.07, 6.45) is 1.68. The van der Waals surface area contributed by atoms with Crippen LogP contribution in [-0.4, -0.2) is 59.6 Å². The second-order valence-electron chi connectivity index (χ2n) is 7.06. The molecule has 26 heavy (non-hydrogen) atoms. The lowest BCUT2D eigenvalue weighted by Crippen LogP contribution is -2.51. The van der Waals surface area contributed by atoms with E-state index in [2.05, 4.69) is 41.5 Å². The molecule has 6 heteroatoms. The quantitative estimate of drug-likeness (QED) is 0.829. The Morgan fingerprint density at radius 1 is 1.27 bits per heavy atom. The summed E-state index contributed by atoms with van der Waals surface area (Å²) in [7, 11) is 0. The van der Waals surface area contributed by atoms with Crippen molar-refractivity contribution in [1.82, 2.24) is 14.8 Å². The minimum atomic E-state index is -0.197. The van der Waals surface area contributed by atoms with Gasteiger partial charge in [-0.05, 0) is 25.3 Å². The van der Waals surface area contributed by atoms with Gasteiger partial charge in [0.15, 0.2) is 0 Å². The highest BCUT2D eigenvalue weighted by atomic mass is 32.1. The van der Waals surface area contributed by atoms with E-state index in [0.29, 0.717) is 0 Å². The van der Waals surface area contributed by atoms with Crippen molar-refractivity contribution in [2.45, 2.75) is 32.4 Å². The van der Waals surface area contributed by atoms with Crippen molar-refractivity contribution in [2.75, 3.05) is 32.8 Å². The highest BCUT2D eigenvalue weighted by Crippen LogP contribution is 2.27. The number of aromatic nitrogens is 1.